The summed E-state index contributed by atoms with van der Waals surface area (Å²) >= 11 is 3.56. The van der Waals surface area contributed by atoms with Crippen LogP contribution in [0.15, 0.2) is 53.0 Å². The van der Waals surface area contributed by atoms with Crippen molar-refractivity contribution in [2.75, 3.05) is 5.32 Å². The molecule has 3 heteroatoms. The van der Waals surface area contributed by atoms with Gasteiger partial charge in [-0.25, -0.2) is 0 Å². The van der Waals surface area contributed by atoms with E-state index >= 15 is 0 Å². The van der Waals surface area contributed by atoms with Crippen molar-refractivity contribution < 1.29 is 5.11 Å². The molecular weight excluding hydrogens is 290 g/mol. The van der Waals surface area contributed by atoms with Gasteiger partial charge in [-0.3, -0.25) is 0 Å². The fourth-order valence-electron chi connectivity index (χ4n) is 1.86. The molecule has 2 rings (SSSR count). The zero-order valence-electron chi connectivity index (χ0n) is 10.2. The maximum Gasteiger partial charge on any atom is 0.0681 e. The van der Waals surface area contributed by atoms with E-state index in [1.54, 1.807) is 0 Å². The van der Waals surface area contributed by atoms with Crippen LogP contribution in [0.2, 0.25) is 0 Å². The Bertz CT molecular complexity index is 510. The lowest BCUT2D eigenvalue weighted by molar-refractivity contribution is 0.282. The van der Waals surface area contributed by atoms with Gasteiger partial charge in [0.05, 0.1) is 6.61 Å². The number of anilines is 1. The number of aliphatic hydroxyl groups is 1. The van der Waals surface area contributed by atoms with Gasteiger partial charge in [0.2, 0.25) is 0 Å². The van der Waals surface area contributed by atoms with Gasteiger partial charge in [0.25, 0.3) is 0 Å². The van der Waals surface area contributed by atoms with Crippen molar-refractivity contribution in [1.82, 2.24) is 0 Å². The molecule has 2 aromatic rings. The second kappa shape index (κ2) is 6.03. The maximum atomic E-state index is 9.00. The molecule has 0 aliphatic heterocycles. The highest BCUT2D eigenvalue weighted by atomic mass is 79.9. The summed E-state index contributed by atoms with van der Waals surface area (Å²) in [7, 11) is 0. The van der Waals surface area contributed by atoms with Gasteiger partial charge in [0.15, 0.2) is 0 Å². The van der Waals surface area contributed by atoms with Crippen molar-refractivity contribution in [2.24, 2.45) is 0 Å². The van der Waals surface area contributed by atoms with Crippen molar-refractivity contribution in [1.29, 1.82) is 0 Å². The predicted octanol–water partition coefficient (Wildman–Crippen LogP) is 4.11. The Hall–Kier alpha value is -1.32. The predicted molar refractivity (Wildman–Crippen MR) is 78.5 cm³/mol. The third kappa shape index (κ3) is 3.12. The first-order chi connectivity index (χ1) is 8.70. The van der Waals surface area contributed by atoms with E-state index in [4.69, 9.17) is 5.11 Å². The van der Waals surface area contributed by atoms with Crippen LogP contribution < -0.4 is 5.32 Å². The number of aliphatic hydroxyl groups excluding tert-OH is 1. The minimum Gasteiger partial charge on any atom is -0.392 e. The van der Waals surface area contributed by atoms with E-state index in [0.717, 1.165) is 15.7 Å². The first-order valence-corrected chi connectivity index (χ1v) is 6.71. The molecular formula is C15H16BrNO. The van der Waals surface area contributed by atoms with Crippen LogP contribution in [0.5, 0.6) is 0 Å². The molecule has 18 heavy (non-hydrogen) atoms. The van der Waals surface area contributed by atoms with Gasteiger partial charge in [0, 0.05) is 16.2 Å². The van der Waals surface area contributed by atoms with E-state index < -0.39 is 0 Å². The van der Waals surface area contributed by atoms with Gasteiger partial charge in [-0.1, -0.05) is 46.3 Å². The normalized spacial score (nSPS) is 12.2. The molecule has 0 saturated heterocycles. The number of benzene rings is 2. The average Bonchev–Trinajstić information content (AvgIpc) is 2.40. The monoisotopic (exact) mass is 305 g/mol. The molecule has 0 bridgehead atoms. The van der Waals surface area contributed by atoms with Crippen LogP contribution in [-0.4, -0.2) is 5.11 Å². The molecule has 0 amide bonds. The summed E-state index contributed by atoms with van der Waals surface area (Å²) in [5, 5.41) is 12.4. The quantitative estimate of drug-likeness (QED) is 0.891. The first kappa shape index (κ1) is 13.1. The van der Waals surface area contributed by atoms with Gasteiger partial charge < -0.3 is 10.4 Å². The molecule has 0 heterocycles. The highest BCUT2D eigenvalue weighted by Crippen LogP contribution is 2.26. The average molecular weight is 306 g/mol. The molecule has 0 fully saturated rings. The molecule has 0 spiro atoms. The van der Waals surface area contributed by atoms with Crippen LogP contribution >= 0.6 is 15.9 Å². The standard InChI is InChI=1S/C15H16BrNO/c1-11(14-4-2-3-5-15(14)16)17-13-8-6-12(10-18)7-9-13/h2-9,11,17-18H,10H2,1H3. The molecule has 94 valence electrons. The van der Waals surface area contributed by atoms with Crippen molar-refractivity contribution >= 4 is 21.6 Å². The Morgan fingerprint density at radius 1 is 1.11 bits per heavy atom. The van der Waals surface area contributed by atoms with Gasteiger partial charge in [-0.2, -0.15) is 0 Å². The third-order valence-corrected chi connectivity index (χ3v) is 3.61. The second-order valence-electron chi connectivity index (χ2n) is 4.24. The molecule has 1 atom stereocenters. The fourth-order valence-corrected chi connectivity index (χ4v) is 2.49. The largest absolute Gasteiger partial charge is 0.392 e. The number of hydrogen-bond acceptors (Lipinski definition) is 2. The van der Waals surface area contributed by atoms with Crippen LogP contribution in [0.25, 0.3) is 0 Å². The number of nitrogens with one attached hydrogen (secondary N) is 1. The van der Waals surface area contributed by atoms with Crippen LogP contribution in [0, 0.1) is 0 Å². The van der Waals surface area contributed by atoms with Gasteiger partial charge in [-0.05, 0) is 36.2 Å². The summed E-state index contributed by atoms with van der Waals surface area (Å²) in [6, 6.07) is 16.2. The Morgan fingerprint density at radius 2 is 1.78 bits per heavy atom. The Morgan fingerprint density at radius 3 is 2.39 bits per heavy atom. The minimum absolute atomic E-state index is 0.0834. The summed E-state index contributed by atoms with van der Waals surface area (Å²) in [5.74, 6) is 0. The zero-order valence-corrected chi connectivity index (χ0v) is 11.8. The van der Waals surface area contributed by atoms with E-state index in [0.29, 0.717) is 0 Å². The Kier molecular flexibility index (Phi) is 4.39. The molecule has 1 unspecified atom stereocenters. The molecule has 0 aromatic heterocycles. The molecule has 2 nitrogen and oxygen atoms in total. The molecule has 0 radical (unpaired) electrons. The lowest BCUT2D eigenvalue weighted by Gasteiger charge is -2.17. The van der Waals surface area contributed by atoms with Crippen LogP contribution in [0.3, 0.4) is 0 Å². The second-order valence-corrected chi connectivity index (χ2v) is 5.10. The molecule has 0 aliphatic rings. The van der Waals surface area contributed by atoms with Crippen molar-refractivity contribution in [3.63, 3.8) is 0 Å². The van der Waals surface area contributed by atoms with Gasteiger partial charge in [-0.15, -0.1) is 0 Å². The summed E-state index contributed by atoms with van der Waals surface area (Å²) < 4.78 is 1.11. The number of hydrogen-bond donors (Lipinski definition) is 2. The lowest BCUT2D eigenvalue weighted by Crippen LogP contribution is -2.07. The van der Waals surface area contributed by atoms with Crippen molar-refractivity contribution in [3.05, 3.63) is 64.1 Å². The maximum absolute atomic E-state index is 9.00. The van der Waals surface area contributed by atoms with Gasteiger partial charge >= 0.3 is 0 Å². The van der Waals surface area contributed by atoms with E-state index in [-0.39, 0.29) is 12.6 Å². The first-order valence-electron chi connectivity index (χ1n) is 5.91. The molecule has 2 N–H and O–H groups in total. The van der Waals surface area contributed by atoms with Crippen molar-refractivity contribution in [2.45, 2.75) is 19.6 Å². The molecule has 0 saturated carbocycles. The number of rotatable bonds is 4. The Labute approximate surface area is 116 Å². The van der Waals surface area contributed by atoms with E-state index in [1.165, 1.54) is 5.56 Å². The zero-order chi connectivity index (χ0) is 13.0. The highest BCUT2D eigenvalue weighted by Gasteiger charge is 2.08. The summed E-state index contributed by atoms with van der Waals surface area (Å²) in [6.07, 6.45) is 0. The smallest absolute Gasteiger partial charge is 0.0681 e. The summed E-state index contributed by atoms with van der Waals surface area (Å²) in [5.41, 5.74) is 3.20. The lowest BCUT2D eigenvalue weighted by atomic mass is 10.1. The van der Waals surface area contributed by atoms with E-state index in [2.05, 4.69) is 34.2 Å². The Balaban J connectivity index is 2.11. The minimum atomic E-state index is 0.0834. The van der Waals surface area contributed by atoms with Crippen molar-refractivity contribution in [3.8, 4) is 0 Å². The van der Waals surface area contributed by atoms with E-state index in [1.807, 2.05) is 42.5 Å². The number of halogens is 1. The van der Waals surface area contributed by atoms with Crippen LogP contribution in [0.1, 0.15) is 24.1 Å². The summed E-state index contributed by atoms with van der Waals surface area (Å²) in [6.45, 7) is 2.21. The molecule has 2 aromatic carbocycles. The highest BCUT2D eigenvalue weighted by molar-refractivity contribution is 9.10. The van der Waals surface area contributed by atoms with E-state index in [9.17, 15) is 0 Å². The van der Waals surface area contributed by atoms with Crippen LogP contribution in [0.4, 0.5) is 5.69 Å². The fraction of sp³-hybridized carbons (Fsp3) is 0.200. The summed E-state index contributed by atoms with van der Waals surface area (Å²) in [4.78, 5) is 0. The molecule has 0 aliphatic carbocycles. The van der Waals surface area contributed by atoms with Gasteiger partial charge in [0.1, 0.15) is 0 Å². The topological polar surface area (TPSA) is 32.3 Å². The third-order valence-electron chi connectivity index (χ3n) is 2.89. The SMILES string of the molecule is CC(Nc1ccc(CO)cc1)c1ccccc1Br. The van der Waals surface area contributed by atoms with Crippen LogP contribution in [-0.2, 0) is 6.61 Å².